The summed E-state index contributed by atoms with van der Waals surface area (Å²) in [5.74, 6) is 0.350. The molecule has 0 bridgehead atoms. The molecule has 0 N–H and O–H groups in total. The van der Waals surface area contributed by atoms with E-state index in [2.05, 4.69) is 49.3 Å². The van der Waals surface area contributed by atoms with Crippen LogP contribution in [0.4, 0.5) is 0 Å². The highest BCUT2D eigenvalue weighted by Crippen LogP contribution is 2.47. The van der Waals surface area contributed by atoms with E-state index in [0.717, 1.165) is 11.4 Å². The number of hydrogen-bond donors (Lipinski definition) is 0. The Kier molecular flexibility index (Phi) is 3.76. The molecule has 1 nitrogen and oxygen atoms in total. The van der Waals surface area contributed by atoms with Crippen LogP contribution in [-0.4, -0.2) is 19.0 Å². The number of halogens is 2. The molecule has 1 aliphatic rings. The van der Waals surface area contributed by atoms with Gasteiger partial charge in [-0.05, 0) is 49.3 Å². The van der Waals surface area contributed by atoms with Gasteiger partial charge in [-0.3, -0.25) is 0 Å². The van der Waals surface area contributed by atoms with Gasteiger partial charge in [-0.15, -0.1) is 0 Å². The molecule has 0 unspecified atom stereocenters. The van der Waals surface area contributed by atoms with Crippen LogP contribution < -0.4 is 0 Å². The zero-order valence-electron chi connectivity index (χ0n) is 11.6. The summed E-state index contributed by atoms with van der Waals surface area (Å²) in [4.78, 5) is 2.28. The van der Waals surface area contributed by atoms with E-state index in [0.29, 0.717) is 17.0 Å². The maximum Gasteiger partial charge on any atom is 0.0459 e. The standard InChI is InChI=1S/C17H17Cl2N/c1-20(2)17-10-15(12-5-3-4-6-14(12)17)13-8-7-11(18)9-16(13)19/h3-9,15,17H,10H2,1-2H3/t15-,17-/m0/s1. The van der Waals surface area contributed by atoms with Gasteiger partial charge in [0.2, 0.25) is 0 Å². The zero-order valence-corrected chi connectivity index (χ0v) is 13.1. The lowest BCUT2D eigenvalue weighted by Crippen LogP contribution is -2.17. The van der Waals surface area contributed by atoms with E-state index in [4.69, 9.17) is 23.2 Å². The minimum atomic E-state index is 0.350. The third-order valence-corrected chi connectivity index (χ3v) is 4.71. The van der Waals surface area contributed by atoms with Gasteiger partial charge in [-0.25, -0.2) is 0 Å². The molecule has 0 heterocycles. The Hall–Kier alpha value is -1.02. The first kappa shape index (κ1) is 13.9. The van der Waals surface area contributed by atoms with Gasteiger partial charge < -0.3 is 4.90 Å². The van der Waals surface area contributed by atoms with Gasteiger partial charge in [-0.1, -0.05) is 53.5 Å². The monoisotopic (exact) mass is 305 g/mol. The van der Waals surface area contributed by atoms with Gasteiger partial charge in [0.15, 0.2) is 0 Å². The average Bonchev–Trinajstić information content (AvgIpc) is 2.78. The highest BCUT2D eigenvalue weighted by molar-refractivity contribution is 6.35. The number of fused-ring (bicyclic) bond motifs is 1. The molecule has 2 aromatic rings. The molecule has 20 heavy (non-hydrogen) atoms. The number of rotatable bonds is 2. The van der Waals surface area contributed by atoms with Crippen molar-refractivity contribution >= 4 is 23.2 Å². The van der Waals surface area contributed by atoms with E-state index in [1.807, 2.05) is 12.1 Å². The SMILES string of the molecule is CN(C)[C@H]1C[C@H](c2ccc(Cl)cc2Cl)c2ccccc21. The van der Waals surface area contributed by atoms with Crippen molar-refractivity contribution in [2.75, 3.05) is 14.1 Å². The zero-order chi connectivity index (χ0) is 14.3. The predicted molar refractivity (Wildman–Crippen MR) is 85.8 cm³/mol. The summed E-state index contributed by atoms with van der Waals surface area (Å²) in [6.07, 6.45) is 1.06. The fourth-order valence-electron chi connectivity index (χ4n) is 3.18. The van der Waals surface area contributed by atoms with Crippen LogP contribution in [0.25, 0.3) is 0 Å². The minimum Gasteiger partial charge on any atom is -0.302 e. The summed E-state index contributed by atoms with van der Waals surface area (Å²) in [5.41, 5.74) is 3.97. The van der Waals surface area contributed by atoms with Gasteiger partial charge in [0.05, 0.1) is 0 Å². The molecule has 2 aromatic carbocycles. The van der Waals surface area contributed by atoms with Gasteiger partial charge in [0, 0.05) is 22.0 Å². The lowest BCUT2D eigenvalue weighted by atomic mass is 9.93. The number of hydrogen-bond acceptors (Lipinski definition) is 1. The van der Waals surface area contributed by atoms with Crippen molar-refractivity contribution in [2.24, 2.45) is 0 Å². The number of nitrogens with zero attached hydrogens (tertiary/aromatic N) is 1. The quantitative estimate of drug-likeness (QED) is 0.743. The fourth-order valence-corrected chi connectivity index (χ4v) is 3.72. The van der Waals surface area contributed by atoms with Crippen molar-refractivity contribution in [1.29, 1.82) is 0 Å². The third kappa shape index (κ3) is 2.35. The molecule has 104 valence electrons. The van der Waals surface area contributed by atoms with Crippen LogP contribution in [0, 0.1) is 0 Å². The summed E-state index contributed by atoms with van der Waals surface area (Å²) in [5, 5.41) is 1.45. The molecule has 1 aliphatic carbocycles. The fraction of sp³-hybridized carbons (Fsp3) is 0.294. The second-order valence-corrected chi connectivity index (χ2v) is 6.41. The van der Waals surface area contributed by atoms with Crippen LogP contribution in [0.5, 0.6) is 0 Å². The van der Waals surface area contributed by atoms with Gasteiger partial charge in [0.25, 0.3) is 0 Å². The van der Waals surface area contributed by atoms with Crippen molar-refractivity contribution < 1.29 is 0 Å². The summed E-state index contributed by atoms with van der Waals surface area (Å²) in [6.45, 7) is 0. The molecule has 3 rings (SSSR count). The molecule has 0 amide bonds. The molecule has 0 saturated heterocycles. The van der Waals surface area contributed by atoms with Crippen LogP contribution in [0.3, 0.4) is 0 Å². The Balaban J connectivity index is 2.08. The maximum absolute atomic E-state index is 6.41. The molecule has 0 aromatic heterocycles. The van der Waals surface area contributed by atoms with E-state index in [1.165, 1.54) is 16.7 Å². The highest BCUT2D eigenvalue weighted by Gasteiger charge is 2.33. The van der Waals surface area contributed by atoms with Crippen molar-refractivity contribution in [2.45, 2.75) is 18.4 Å². The van der Waals surface area contributed by atoms with E-state index >= 15 is 0 Å². The first-order valence-electron chi connectivity index (χ1n) is 6.78. The molecule has 2 atom stereocenters. The summed E-state index contributed by atoms with van der Waals surface area (Å²) >= 11 is 12.4. The minimum absolute atomic E-state index is 0.350. The van der Waals surface area contributed by atoms with Gasteiger partial charge >= 0.3 is 0 Å². The van der Waals surface area contributed by atoms with Crippen LogP contribution in [0.1, 0.15) is 35.1 Å². The summed E-state index contributed by atoms with van der Waals surface area (Å²) in [7, 11) is 4.26. The Bertz CT molecular complexity index is 637. The average molecular weight is 306 g/mol. The van der Waals surface area contributed by atoms with Crippen molar-refractivity contribution in [3.05, 3.63) is 69.2 Å². The van der Waals surface area contributed by atoms with E-state index in [9.17, 15) is 0 Å². The van der Waals surface area contributed by atoms with Crippen molar-refractivity contribution in [3.8, 4) is 0 Å². The largest absolute Gasteiger partial charge is 0.302 e. The number of benzene rings is 2. The van der Waals surface area contributed by atoms with E-state index < -0.39 is 0 Å². The first-order valence-corrected chi connectivity index (χ1v) is 7.53. The van der Waals surface area contributed by atoms with Crippen molar-refractivity contribution in [3.63, 3.8) is 0 Å². The van der Waals surface area contributed by atoms with Crippen LogP contribution >= 0.6 is 23.2 Å². The van der Waals surface area contributed by atoms with E-state index in [1.54, 1.807) is 0 Å². The Morgan fingerprint density at radius 2 is 1.65 bits per heavy atom. The van der Waals surface area contributed by atoms with Crippen LogP contribution in [-0.2, 0) is 0 Å². The molecule has 0 aliphatic heterocycles. The van der Waals surface area contributed by atoms with Crippen LogP contribution in [0.15, 0.2) is 42.5 Å². The van der Waals surface area contributed by atoms with Crippen LogP contribution in [0.2, 0.25) is 10.0 Å². The molecule has 3 heteroatoms. The van der Waals surface area contributed by atoms with E-state index in [-0.39, 0.29) is 0 Å². The topological polar surface area (TPSA) is 3.24 Å². The molecule has 0 radical (unpaired) electrons. The Morgan fingerprint density at radius 3 is 2.30 bits per heavy atom. The summed E-state index contributed by atoms with van der Waals surface area (Å²) in [6, 6.07) is 14.9. The lowest BCUT2D eigenvalue weighted by molar-refractivity contribution is 0.293. The third-order valence-electron chi connectivity index (χ3n) is 4.15. The smallest absolute Gasteiger partial charge is 0.0459 e. The normalized spacial score (nSPS) is 21.2. The second kappa shape index (κ2) is 5.40. The van der Waals surface area contributed by atoms with Gasteiger partial charge in [0.1, 0.15) is 0 Å². The van der Waals surface area contributed by atoms with Gasteiger partial charge in [-0.2, -0.15) is 0 Å². The Labute approximate surface area is 130 Å². The summed E-state index contributed by atoms with van der Waals surface area (Å²) < 4.78 is 0. The second-order valence-electron chi connectivity index (χ2n) is 5.56. The molecular formula is C17H17Cl2N. The lowest BCUT2D eigenvalue weighted by Gasteiger charge is -2.20. The molecule has 0 saturated carbocycles. The molecule has 0 fully saturated rings. The molecule has 0 spiro atoms. The highest BCUT2D eigenvalue weighted by atomic mass is 35.5. The Morgan fingerprint density at radius 1 is 0.950 bits per heavy atom. The maximum atomic E-state index is 6.41. The predicted octanol–water partition coefficient (Wildman–Crippen LogP) is 5.13. The first-order chi connectivity index (χ1) is 9.58. The van der Waals surface area contributed by atoms with Crippen molar-refractivity contribution in [1.82, 2.24) is 4.90 Å². The molecular weight excluding hydrogens is 289 g/mol.